The van der Waals surface area contributed by atoms with E-state index in [0.717, 1.165) is 44.4 Å². The van der Waals surface area contributed by atoms with Crippen LogP contribution in [-0.4, -0.2) is 11.2 Å². The van der Waals surface area contributed by atoms with Crippen LogP contribution in [0.5, 0.6) is 0 Å². The lowest BCUT2D eigenvalue weighted by molar-refractivity contribution is -0.342. The zero-order valence-electron chi connectivity index (χ0n) is 14.3. The van der Waals surface area contributed by atoms with Crippen molar-refractivity contribution in [3.05, 3.63) is 102 Å². The molecule has 4 aromatic rings. The predicted octanol–water partition coefficient (Wildman–Crippen LogP) is 1.07. The number of halogens is 2. The van der Waals surface area contributed by atoms with E-state index in [1.165, 1.54) is 6.07 Å². The van der Waals surface area contributed by atoms with Crippen LogP contribution < -0.4 is 17.4 Å². The molecule has 0 atom stereocenters. The molecule has 1 aliphatic heterocycles. The number of allylic oxidation sites excluding steroid dienone is 1. The van der Waals surface area contributed by atoms with Crippen LogP contribution in [-0.2, 0) is 0 Å². The van der Waals surface area contributed by atoms with Gasteiger partial charge in [-0.1, -0.05) is 42.5 Å². The summed E-state index contributed by atoms with van der Waals surface area (Å²) in [7, 11) is 0. The van der Waals surface area contributed by atoms with E-state index in [1.807, 2.05) is 42.7 Å². The van der Waals surface area contributed by atoms with E-state index in [-0.39, 0.29) is 18.2 Å². The Morgan fingerprint density at radius 3 is 2.59 bits per heavy atom. The molecule has 0 spiro atoms. The van der Waals surface area contributed by atoms with Crippen molar-refractivity contribution in [1.82, 2.24) is 4.98 Å². The Bertz CT molecular complexity index is 1200. The number of nitrogens with one attached hydrogen (secondary N) is 2. The van der Waals surface area contributed by atoms with Gasteiger partial charge in [-0.05, 0) is 29.8 Å². The summed E-state index contributed by atoms with van der Waals surface area (Å²) in [5.41, 5.74) is 7.26. The Kier molecular flexibility index (Phi) is 4.38. The van der Waals surface area contributed by atoms with E-state index in [9.17, 15) is 4.39 Å². The highest BCUT2D eigenvalue weighted by Crippen LogP contribution is 2.37. The second-order valence-corrected chi connectivity index (χ2v) is 6.38. The van der Waals surface area contributed by atoms with E-state index in [0.29, 0.717) is 0 Å². The first kappa shape index (κ1) is 17.3. The molecule has 2 nitrogen and oxygen atoms in total. The van der Waals surface area contributed by atoms with Crippen molar-refractivity contribution >= 4 is 34.0 Å². The zero-order chi connectivity index (χ0) is 17.5. The standard InChI is InChI=1S/C23H15FN2.ClH/c24-16-7-5-6-15(12-16)23(19-13-25-21-10-3-1-8-17(19)21)20-14-26-22-11-4-2-9-18(20)22;/h1-14,25H;1H. The monoisotopic (exact) mass is 374 g/mol. The summed E-state index contributed by atoms with van der Waals surface area (Å²) >= 11 is 0. The lowest BCUT2D eigenvalue weighted by atomic mass is 9.90. The third kappa shape index (κ3) is 2.86. The summed E-state index contributed by atoms with van der Waals surface area (Å²) in [6, 6.07) is 23.2. The quantitative estimate of drug-likeness (QED) is 0.526. The van der Waals surface area contributed by atoms with Crippen molar-refractivity contribution in [2.75, 3.05) is 0 Å². The first-order chi connectivity index (χ1) is 12.8. The van der Waals surface area contributed by atoms with Crippen LogP contribution >= 0.6 is 0 Å². The van der Waals surface area contributed by atoms with Crippen LogP contribution in [0.2, 0.25) is 0 Å². The molecule has 1 aliphatic rings. The number of rotatable bonds is 2. The average molecular weight is 375 g/mol. The fraction of sp³-hybridized carbons (Fsp3) is 0. The van der Waals surface area contributed by atoms with Crippen LogP contribution in [0.15, 0.2) is 79.0 Å². The van der Waals surface area contributed by atoms with Gasteiger partial charge in [-0.2, -0.15) is 0 Å². The number of hydrogen-bond acceptors (Lipinski definition) is 0. The number of para-hydroxylation sites is 2. The Morgan fingerprint density at radius 1 is 0.889 bits per heavy atom. The van der Waals surface area contributed by atoms with E-state index < -0.39 is 0 Å². The van der Waals surface area contributed by atoms with Crippen molar-refractivity contribution in [2.24, 2.45) is 0 Å². The number of fused-ring (bicyclic) bond motifs is 2. The molecule has 2 heterocycles. The number of benzene rings is 3. The summed E-state index contributed by atoms with van der Waals surface area (Å²) < 4.78 is 14.0. The minimum Gasteiger partial charge on any atom is -1.00 e. The van der Waals surface area contributed by atoms with Gasteiger partial charge >= 0.3 is 0 Å². The Hall–Kier alpha value is -3.17. The third-order valence-corrected chi connectivity index (χ3v) is 4.83. The molecule has 4 heteroatoms. The molecule has 5 rings (SSSR count). The number of aromatic amines is 1. The molecule has 0 bridgehead atoms. The van der Waals surface area contributed by atoms with Gasteiger partial charge in [0.1, 0.15) is 5.82 Å². The highest BCUT2D eigenvalue weighted by Gasteiger charge is 2.24. The third-order valence-electron chi connectivity index (χ3n) is 4.83. The number of hydrogen-bond donors (Lipinski definition) is 2. The van der Waals surface area contributed by atoms with Gasteiger partial charge in [0.2, 0.25) is 5.69 Å². The lowest BCUT2D eigenvalue weighted by Crippen LogP contribution is -3.00. The van der Waals surface area contributed by atoms with Crippen molar-refractivity contribution in [2.45, 2.75) is 0 Å². The summed E-state index contributed by atoms with van der Waals surface area (Å²) in [6.45, 7) is 0. The molecule has 27 heavy (non-hydrogen) atoms. The molecule has 0 radical (unpaired) electrons. The first-order valence-electron chi connectivity index (χ1n) is 8.57. The minimum absolute atomic E-state index is 0. The van der Waals surface area contributed by atoms with E-state index in [2.05, 4.69) is 34.2 Å². The van der Waals surface area contributed by atoms with Gasteiger partial charge in [-0.25, -0.2) is 9.38 Å². The Balaban J connectivity index is 0.00000180. The van der Waals surface area contributed by atoms with Gasteiger partial charge in [0.15, 0.2) is 6.21 Å². The molecule has 0 saturated heterocycles. The lowest BCUT2D eigenvalue weighted by Gasteiger charge is -2.10. The Labute approximate surface area is 162 Å². The van der Waals surface area contributed by atoms with Gasteiger partial charge in [-0.15, -0.1) is 0 Å². The molecule has 0 unspecified atom stereocenters. The molecule has 0 amide bonds. The maximum atomic E-state index is 14.0. The molecular weight excluding hydrogens is 359 g/mol. The maximum Gasteiger partial charge on any atom is 0.211 e. The Morgan fingerprint density at radius 2 is 1.70 bits per heavy atom. The summed E-state index contributed by atoms with van der Waals surface area (Å²) in [4.78, 5) is 6.68. The fourth-order valence-electron chi connectivity index (χ4n) is 3.66. The number of aromatic nitrogens is 1. The average Bonchev–Trinajstić information content (AvgIpc) is 3.28. The molecule has 132 valence electrons. The summed E-state index contributed by atoms with van der Waals surface area (Å²) in [6.07, 6.45) is 4.01. The second-order valence-electron chi connectivity index (χ2n) is 6.38. The molecular formula is C23H16ClFN2. The van der Waals surface area contributed by atoms with E-state index in [4.69, 9.17) is 0 Å². The van der Waals surface area contributed by atoms with Crippen molar-refractivity contribution < 1.29 is 21.8 Å². The summed E-state index contributed by atoms with van der Waals surface area (Å²) in [5.74, 6) is -0.236. The molecule has 1 aromatic heterocycles. The van der Waals surface area contributed by atoms with Crippen LogP contribution in [0.4, 0.5) is 10.1 Å². The first-order valence-corrected chi connectivity index (χ1v) is 8.57. The van der Waals surface area contributed by atoms with Gasteiger partial charge in [-0.3, -0.25) is 0 Å². The van der Waals surface area contributed by atoms with E-state index >= 15 is 0 Å². The van der Waals surface area contributed by atoms with Crippen LogP contribution in [0, 0.1) is 5.82 Å². The topological polar surface area (TPSA) is 29.8 Å². The van der Waals surface area contributed by atoms with E-state index in [1.54, 1.807) is 12.1 Å². The van der Waals surface area contributed by atoms with Gasteiger partial charge < -0.3 is 17.4 Å². The van der Waals surface area contributed by atoms with Gasteiger partial charge in [0.05, 0.1) is 11.1 Å². The fourth-order valence-corrected chi connectivity index (χ4v) is 3.66. The largest absolute Gasteiger partial charge is 1.00 e. The molecule has 2 N–H and O–H groups in total. The van der Waals surface area contributed by atoms with Crippen LogP contribution in [0.3, 0.4) is 0 Å². The van der Waals surface area contributed by atoms with Crippen molar-refractivity contribution in [3.63, 3.8) is 0 Å². The van der Waals surface area contributed by atoms with Crippen molar-refractivity contribution in [3.8, 4) is 0 Å². The zero-order valence-corrected chi connectivity index (χ0v) is 15.1. The highest BCUT2D eigenvalue weighted by atomic mass is 35.5. The van der Waals surface area contributed by atoms with Crippen LogP contribution in [0.25, 0.3) is 22.0 Å². The SMILES string of the molecule is Fc1cccc(C(=C2C=[NH+]c3ccccc32)c2c[nH]c3ccccc23)c1.[Cl-]. The van der Waals surface area contributed by atoms with Crippen molar-refractivity contribution in [1.29, 1.82) is 0 Å². The normalized spacial score (nSPS) is 14.1. The molecule has 3 aromatic carbocycles. The smallest absolute Gasteiger partial charge is 0.211 e. The predicted molar refractivity (Wildman–Crippen MR) is 104 cm³/mol. The van der Waals surface area contributed by atoms with Gasteiger partial charge in [0.25, 0.3) is 0 Å². The number of H-pyrrole nitrogens is 1. The van der Waals surface area contributed by atoms with Gasteiger partial charge in [0, 0.05) is 34.3 Å². The van der Waals surface area contributed by atoms with Crippen LogP contribution in [0.1, 0.15) is 16.7 Å². The molecule has 0 saturated carbocycles. The maximum absolute atomic E-state index is 14.0. The highest BCUT2D eigenvalue weighted by molar-refractivity contribution is 6.24. The minimum atomic E-state index is -0.236. The molecule has 0 aliphatic carbocycles. The molecule has 0 fully saturated rings. The summed E-state index contributed by atoms with van der Waals surface area (Å²) in [5, 5.41) is 1.12. The second kappa shape index (κ2) is 6.86.